The molecule has 0 fully saturated rings. The Morgan fingerprint density at radius 1 is 1.07 bits per heavy atom. The summed E-state index contributed by atoms with van der Waals surface area (Å²) in [7, 11) is 0. The first-order chi connectivity index (χ1) is 14.5. The van der Waals surface area contributed by atoms with E-state index in [1.54, 1.807) is 12.1 Å². The molecular weight excluding hydrogens is 379 g/mol. The van der Waals surface area contributed by atoms with E-state index < -0.39 is 0 Å². The van der Waals surface area contributed by atoms with Crippen LogP contribution in [0.2, 0.25) is 0 Å². The van der Waals surface area contributed by atoms with Crippen LogP contribution in [0.3, 0.4) is 0 Å². The normalized spacial score (nSPS) is 11.0. The van der Waals surface area contributed by atoms with E-state index >= 15 is 0 Å². The summed E-state index contributed by atoms with van der Waals surface area (Å²) in [6.07, 6.45) is 0.930. The highest BCUT2D eigenvalue weighted by atomic mass is 19.1. The molecular formula is C24H23FN4O. The topological polar surface area (TPSA) is 59.3 Å². The Labute approximate surface area is 174 Å². The van der Waals surface area contributed by atoms with Crippen molar-refractivity contribution in [3.05, 3.63) is 89.0 Å². The summed E-state index contributed by atoms with van der Waals surface area (Å²) in [5.74, 6) is -0.336. The van der Waals surface area contributed by atoms with Crippen molar-refractivity contribution in [3.63, 3.8) is 0 Å². The summed E-state index contributed by atoms with van der Waals surface area (Å²) in [5, 5.41) is 7.60. The van der Waals surface area contributed by atoms with Crippen LogP contribution >= 0.6 is 0 Å². The van der Waals surface area contributed by atoms with E-state index in [0.29, 0.717) is 19.4 Å². The van der Waals surface area contributed by atoms with Gasteiger partial charge in [0.2, 0.25) is 5.91 Å². The van der Waals surface area contributed by atoms with Gasteiger partial charge in [0.1, 0.15) is 5.82 Å². The van der Waals surface area contributed by atoms with E-state index in [0.717, 1.165) is 39.4 Å². The molecule has 2 aromatic heterocycles. The summed E-state index contributed by atoms with van der Waals surface area (Å²) in [6, 6.07) is 18.1. The van der Waals surface area contributed by atoms with Gasteiger partial charge in [0.05, 0.1) is 5.69 Å². The lowest BCUT2D eigenvalue weighted by atomic mass is 10.1. The highest BCUT2D eigenvalue weighted by Gasteiger charge is 2.14. The smallest absolute Gasteiger partial charge is 0.220 e. The van der Waals surface area contributed by atoms with E-state index in [1.807, 2.05) is 54.8 Å². The van der Waals surface area contributed by atoms with Gasteiger partial charge >= 0.3 is 0 Å². The van der Waals surface area contributed by atoms with E-state index in [-0.39, 0.29) is 11.7 Å². The van der Waals surface area contributed by atoms with Gasteiger partial charge in [-0.2, -0.15) is 5.10 Å². The van der Waals surface area contributed by atoms with Crippen molar-refractivity contribution in [2.24, 2.45) is 0 Å². The Kier molecular flexibility index (Phi) is 5.57. The van der Waals surface area contributed by atoms with E-state index in [2.05, 4.69) is 5.32 Å². The van der Waals surface area contributed by atoms with Crippen molar-refractivity contribution in [3.8, 4) is 11.3 Å². The lowest BCUT2D eigenvalue weighted by Crippen LogP contribution is -2.23. The number of halogens is 1. The minimum absolute atomic E-state index is 0.0522. The van der Waals surface area contributed by atoms with Crippen LogP contribution < -0.4 is 5.32 Å². The SMILES string of the molecule is Cc1nc2cc(-c3ccccc3)nn2c(C)c1CCC(=O)NCc1ccc(F)cc1. The van der Waals surface area contributed by atoms with Gasteiger partial charge in [-0.1, -0.05) is 42.5 Å². The van der Waals surface area contributed by atoms with Crippen LogP contribution in [-0.2, 0) is 17.8 Å². The number of carbonyl (C=O) groups is 1. The molecule has 4 aromatic rings. The predicted molar refractivity (Wildman–Crippen MR) is 114 cm³/mol. The second-order valence-corrected chi connectivity index (χ2v) is 7.33. The van der Waals surface area contributed by atoms with Gasteiger partial charge in [-0.25, -0.2) is 13.9 Å². The third-order valence-corrected chi connectivity index (χ3v) is 5.24. The Morgan fingerprint density at radius 2 is 1.80 bits per heavy atom. The molecule has 0 spiro atoms. The van der Waals surface area contributed by atoms with Gasteiger partial charge in [0, 0.05) is 36.0 Å². The van der Waals surface area contributed by atoms with Crippen molar-refractivity contribution >= 4 is 11.6 Å². The van der Waals surface area contributed by atoms with E-state index in [1.165, 1.54) is 12.1 Å². The van der Waals surface area contributed by atoms with Gasteiger partial charge < -0.3 is 5.32 Å². The highest BCUT2D eigenvalue weighted by Crippen LogP contribution is 2.22. The molecule has 0 unspecified atom stereocenters. The van der Waals surface area contributed by atoms with Crippen LogP contribution in [-0.4, -0.2) is 20.5 Å². The molecule has 0 bridgehead atoms. The molecule has 152 valence electrons. The molecule has 1 N–H and O–H groups in total. The third kappa shape index (κ3) is 4.22. The fourth-order valence-corrected chi connectivity index (χ4v) is 3.57. The first kappa shape index (κ1) is 19.8. The Hall–Kier alpha value is -3.54. The summed E-state index contributed by atoms with van der Waals surface area (Å²) in [4.78, 5) is 17.0. The van der Waals surface area contributed by atoms with Gasteiger partial charge in [-0.3, -0.25) is 4.79 Å². The number of nitrogens with zero attached hydrogens (tertiary/aromatic N) is 3. The van der Waals surface area contributed by atoms with Crippen LogP contribution in [0.5, 0.6) is 0 Å². The second kappa shape index (κ2) is 8.45. The monoisotopic (exact) mass is 402 g/mol. The molecule has 0 aliphatic rings. The average molecular weight is 402 g/mol. The number of hydrogen-bond donors (Lipinski definition) is 1. The molecule has 6 heteroatoms. The molecule has 0 saturated carbocycles. The molecule has 2 aromatic carbocycles. The zero-order chi connectivity index (χ0) is 21.1. The van der Waals surface area contributed by atoms with Crippen molar-refractivity contribution < 1.29 is 9.18 Å². The van der Waals surface area contributed by atoms with Crippen molar-refractivity contribution in [2.75, 3.05) is 0 Å². The van der Waals surface area contributed by atoms with E-state index in [4.69, 9.17) is 10.1 Å². The van der Waals surface area contributed by atoms with Crippen molar-refractivity contribution in [1.29, 1.82) is 0 Å². The Bertz CT molecular complexity index is 1180. The molecule has 0 atom stereocenters. The minimum Gasteiger partial charge on any atom is -0.352 e. The van der Waals surface area contributed by atoms with Crippen molar-refractivity contribution in [1.82, 2.24) is 19.9 Å². The Balaban J connectivity index is 1.47. The first-order valence-electron chi connectivity index (χ1n) is 9.93. The molecule has 1 amide bonds. The molecule has 30 heavy (non-hydrogen) atoms. The highest BCUT2D eigenvalue weighted by molar-refractivity contribution is 5.76. The summed E-state index contributed by atoms with van der Waals surface area (Å²) in [5.41, 5.74) is 6.51. The fraction of sp³-hybridized carbons (Fsp3) is 0.208. The summed E-state index contributed by atoms with van der Waals surface area (Å²) >= 11 is 0. The number of fused-ring (bicyclic) bond motifs is 1. The van der Waals surface area contributed by atoms with Gasteiger partial charge in [-0.15, -0.1) is 0 Å². The number of amides is 1. The lowest BCUT2D eigenvalue weighted by Gasteiger charge is -2.11. The summed E-state index contributed by atoms with van der Waals surface area (Å²) < 4.78 is 14.8. The fourth-order valence-electron chi connectivity index (χ4n) is 3.57. The maximum absolute atomic E-state index is 13.0. The minimum atomic E-state index is -0.284. The van der Waals surface area contributed by atoms with Crippen molar-refractivity contribution in [2.45, 2.75) is 33.2 Å². The van der Waals surface area contributed by atoms with Crippen LogP contribution in [0.1, 0.15) is 28.9 Å². The molecule has 0 radical (unpaired) electrons. The predicted octanol–water partition coefficient (Wildman–Crippen LogP) is 4.40. The summed E-state index contributed by atoms with van der Waals surface area (Å²) in [6.45, 7) is 4.36. The number of aromatic nitrogens is 3. The number of carbonyl (C=O) groups excluding carboxylic acids is 1. The van der Waals surface area contributed by atoms with E-state index in [9.17, 15) is 9.18 Å². The molecule has 5 nitrogen and oxygen atoms in total. The van der Waals surface area contributed by atoms with Gasteiger partial charge in [0.15, 0.2) is 5.65 Å². The quantitative estimate of drug-likeness (QED) is 0.520. The molecule has 0 saturated heterocycles. The molecule has 4 rings (SSSR count). The number of hydrogen-bond acceptors (Lipinski definition) is 3. The van der Waals surface area contributed by atoms with Crippen LogP contribution in [0, 0.1) is 19.7 Å². The van der Waals surface area contributed by atoms with Crippen LogP contribution in [0.25, 0.3) is 16.9 Å². The van der Waals surface area contributed by atoms with Crippen LogP contribution in [0.15, 0.2) is 60.7 Å². The zero-order valence-corrected chi connectivity index (χ0v) is 17.0. The standard InChI is InChI=1S/C24H23FN4O/c1-16-21(12-13-24(30)26-15-18-8-10-20(25)11-9-18)17(2)29-23(27-16)14-22(28-29)19-6-4-3-5-7-19/h3-11,14H,12-13,15H2,1-2H3,(H,26,30). The number of benzene rings is 2. The molecule has 2 heterocycles. The second-order valence-electron chi connectivity index (χ2n) is 7.33. The van der Waals surface area contributed by atoms with Gasteiger partial charge in [0.25, 0.3) is 0 Å². The zero-order valence-electron chi connectivity index (χ0n) is 17.0. The lowest BCUT2D eigenvalue weighted by molar-refractivity contribution is -0.121. The molecule has 0 aliphatic carbocycles. The average Bonchev–Trinajstić information content (AvgIpc) is 3.18. The van der Waals surface area contributed by atoms with Gasteiger partial charge in [-0.05, 0) is 43.5 Å². The number of nitrogens with one attached hydrogen (secondary N) is 1. The molecule has 0 aliphatic heterocycles. The number of rotatable bonds is 6. The maximum Gasteiger partial charge on any atom is 0.220 e. The maximum atomic E-state index is 13.0. The number of aryl methyl sites for hydroxylation is 2. The largest absolute Gasteiger partial charge is 0.352 e. The Morgan fingerprint density at radius 3 is 2.53 bits per heavy atom. The third-order valence-electron chi connectivity index (χ3n) is 5.24. The first-order valence-corrected chi connectivity index (χ1v) is 9.93. The van der Waals surface area contributed by atoms with Crippen LogP contribution in [0.4, 0.5) is 4.39 Å².